The largest absolute Gasteiger partial charge is 0.507 e. The van der Waals surface area contributed by atoms with Crippen LogP contribution in [0.1, 0.15) is 43.0 Å². The maximum Gasteiger partial charge on any atom is 0.295 e. The summed E-state index contributed by atoms with van der Waals surface area (Å²) >= 11 is 0. The third-order valence-electron chi connectivity index (χ3n) is 7.07. The molecule has 2 aromatic carbocycles. The first-order chi connectivity index (χ1) is 19.4. The second kappa shape index (κ2) is 11.7. The molecule has 2 aliphatic heterocycles. The van der Waals surface area contributed by atoms with Gasteiger partial charge in [-0.2, -0.15) is 0 Å². The van der Waals surface area contributed by atoms with Gasteiger partial charge < -0.3 is 24.2 Å². The molecular formula is C31H34N3O6+. The van der Waals surface area contributed by atoms with Gasteiger partial charge in [-0.1, -0.05) is 18.7 Å². The smallest absolute Gasteiger partial charge is 0.295 e. The van der Waals surface area contributed by atoms with E-state index in [0.717, 1.165) is 11.3 Å². The highest BCUT2D eigenvalue weighted by Gasteiger charge is 2.46. The Labute approximate surface area is 233 Å². The Hall–Kier alpha value is -4.53. The van der Waals surface area contributed by atoms with Crippen LogP contribution in [0.3, 0.4) is 0 Å². The van der Waals surface area contributed by atoms with Crippen LogP contribution in [-0.4, -0.2) is 52.5 Å². The molecule has 0 spiro atoms. The molecule has 2 atom stereocenters. The van der Waals surface area contributed by atoms with Crippen LogP contribution >= 0.6 is 0 Å². The average Bonchev–Trinajstić information content (AvgIpc) is 3.66. The van der Waals surface area contributed by atoms with Crippen LogP contribution in [0, 0.1) is 0 Å². The zero-order valence-corrected chi connectivity index (χ0v) is 22.8. The van der Waals surface area contributed by atoms with Crippen LogP contribution in [0.25, 0.3) is 5.76 Å². The van der Waals surface area contributed by atoms with Gasteiger partial charge in [0.1, 0.15) is 36.6 Å². The first kappa shape index (κ1) is 27.1. The summed E-state index contributed by atoms with van der Waals surface area (Å²) in [5.41, 5.74) is 2.11. The molecule has 3 heterocycles. The van der Waals surface area contributed by atoms with Gasteiger partial charge in [-0.15, -0.1) is 0 Å². The van der Waals surface area contributed by atoms with Crippen molar-refractivity contribution in [3.63, 3.8) is 0 Å². The van der Waals surface area contributed by atoms with Gasteiger partial charge in [0.25, 0.3) is 11.7 Å². The lowest BCUT2D eigenvalue weighted by molar-refractivity contribution is -0.695. The van der Waals surface area contributed by atoms with Crippen molar-refractivity contribution in [3.8, 4) is 17.2 Å². The van der Waals surface area contributed by atoms with Crippen molar-refractivity contribution in [2.75, 3.05) is 19.8 Å². The number of carbonyl (C=O) groups excluding carboxylic acids is 2. The van der Waals surface area contributed by atoms with E-state index in [4.69, 9.17) is 14.2 Å². The summed E-state index contributed by atoms with van der Waals surface area (Å²) in [6.07, 6.45) is 8.55. The van der Waals surface area contributed by atoms with E-state index in [1.54, 1.807) is 36.4 Å². The topological polar surface area (TPSA) is 105 Å². The molecule has 1 fully saturated rings. The highest BCUT2D eigenvalue weighted by atomic mass is 16.5. The molecule has 2 N–H and O–H groups in total. The second-order valence-corrected chi connectivity index (χ2v) is 9.89. The van der Waals surface area contributed by atoms with Crippen LogP contribution in [0.5, 0.6) is 17.2 Å². The third-order valence-corrected chi connectivity index (χ3v) is 7.07. The number of ketones is 1. The standard InChI is InChI=1S/C31H33N3O6/c1-4-15-39-25-10-7-21(18-26(25)38-5-2)28-27(29(35)22-8-9-24-23(17-22)16-20(3)40-24)30(36)31(37)34(28)13-6-12-33-14-11-32-19-33/h4,7-11,14,17-20,28H,1,5-6,12-13,15-16H2,2-3H3,(H,35,36)/p+1. The number of fused-ring (bicyclic) bond motifs is 1. The summed E-state index contributed by atoms with van der Waals surface area (Å²) in [7, 11) is 0. The quantitative estimate of drug-likeness (QED) is 0.124. The lowest BCUT2D eigenvalue weighted by Crippen LogP contribution is -2.36. The fourth-order valence-electron chi connectivity index (χ4n) is 5.30. The number of ether oxygens (including phenoxy) is 3. The minimum absolute atomic E-state index is 0.0367. The van der Waals surface area contributed by atoms with Crippen LogP contribution in [0.15, 0.2) is 73.3 Å². The van der Waals surface area contributed by atoms with E-state index in [1.165, 1.54) is 4.90 Å². The number of benzene rings is 2. The summed E-state index contributed by atoms with van der Waals surface area (Å²) in [4.78, 5) is 31.4. The molecule has 0 radical (unpaired) electrons. The summed E-state index contributed by atoms with van der Waals surface area (Å²) < 4.78 is 19.4. The van der Waals surface area contributed by atoms with Crippen molar-refractivity contribution in [2.24, 2.45) is 0 Å². The number of hydrogen-bond acceptors (Lipinski definition) is 6. The highest BCUT2D eigenvalue weighted by molar-refractivity contribution is 6.46. The summed E-state index contributed by atoms with van der Waals surface area (Å²) in [5.74, 6) is 0.205. The lowest BCUT2D eigenvalue weighted by atomic mass is 9.94. The minimum Gasteiger partial charge on any atom is -0.507 e. The van der Waals surface area contributed by atoms with Crippen molar-refractivity contribution in [1.82, 2.24) is 9.88 Å². The molecule has 9 heteroatoms. The van der Waals surface area contributed by atoms with Gasteiger partial charge in [0, 0.05) is 24.9 Å². The van der Waals surface area contributed by atoms with Crippen molar-refractivity contribution in [1.29, 1.82) is 0 Å². The summed E-state index contributed by atoms with van der Waals surface area (Å²) in [5, 5.41) is 11.5. The molecule has 0 saturated carbocycles. The number of hydrogen-bond donors (Lipinski definition) is 2. The third kappa shape index (κ3) is 5.32. The number of aliphatic hydroxyl groups is 1. The number of aromatic nitrogens is 2. The van der Waals surface area contributed by atoms with Gasteiger partial charge in [-0.3, -0.25) is 14.6 Å². The Morgan fingerprint density at radius 3 is 2.83 bits per heavy atom. The Morgan fingerprint density at radius 1 is 1.23 bits per heavy atom. The maximum absolute atomic E-state index is 13.5. The molecular weight excluding hydrogens is 510 g/mol. The highest BCUT2D eigenvalue weighted by Crippen LogP contribution is 2.43. The van der Waals surface area contributed by atoms with E-state index in [0.29, 0.717) is 61.8 Å². The molecule has 3 aromatic rings. The molecule has 9 nitrogen and oxygen atoms in total. The molecule has 0 aliphatic carbocycles. The Morgan fingerprint density at radius 2 is 2.08 bits per heavy atom. The number of amides is 1. The van der Waals surface area contributed by atoms with E-state index >= 15 is 0 Å². The molecule has 40 heavy (non-hydrogen) atoms. The van der Waals surface area contributed by atoms with Crippen LogP contribution in [-0.2, 0) is 22.6 Å². The molecule has 208 valence electrons. The van der Waals surface area contributed by atoms with Gasteiger partial charge in [0.2, 0.25) is 6.33 Å². The molecule has 1 aromatic heterocycles. The molecule has 1 saturated heterocycles. The molecule has 0 bridgehead atoms. The van der Waals surface area contributed by atoms with Crippen molar-refractivity contribution < 1.29 is 33.5 Å². The molecule has 1 amide bonds. The summed E-state index contributed by atoms with van der Waals surface area (Å²) in [6, 6.07) is 9.89. The number of Topliss-reactive ketones (excluding diaryl/α,β-unsaturated/α-hetero) is 1. The van der Waals surface area contributed by atoms with Crippen LogP contribution < -0.4 is 18.8 Å². The number of carbonyl (C=O) groups is 2. The Balaban J connectivity index is 1.56. The van der Waals surface area contributed by atoms with E-state index in [1.807, 2.05) is 43.2 Å². The SMILES string of the molecule is C=CCOc1ccc(C2C(=C(O)c3ccc4c(c3)CC(C)O4)C(=O)C(=O)N2CCC[n+]2cc[nH]c2)cc1OCC. The number of nitrogens with zero attached hydrogens (tertiary/aromatic N) is 2. The molecule has 5 rings (SSSR count). The first-order valence-corrected chi connectivity index (χ1v) is 13.5. The fraction of sp³-hybridized carbons (Fsp3) is 0.323. The average molecular weight is 545 g/mol. The van der Waals surface area contributed by atoms with Crippen LogP contribution in [0.2, 0.25) is 0 Å². The van der Waals surface area contributed by atoms with E-state index < -0.39 is 17.7 Å². The number of aromatic amines is 1. The van der Waals surface area contributed by atoms with Crippen molar-refractivity contribution >= 4 is 17.4 Å². The number of aryl methyl sites for hydroxylation is 1. The predicted octanol–water partition coefficient (Wildman–Crippen LogP) is 4.10. The first-order valence-electron chi connectivity index (χ1n) is 13.5. The minimum atomic E-state index is -0.799. The zero-order valence-electron chi connectivity index (χ0n) is 22.8. The normalized spacial score (nSPS) is 19.4. The number of aliphatic hydroxyl groups excluding tert-OH is 1. The second-order valence-electron chi connectivity index (χ2n) is 9.89. The number of nitrogens with one attached hydrogen (secondary N) is 1. The van der Waals surface area contributed by atoms with Crippen molar-refractivity contribution in [3.05, 3.63) is 90.0 Å². The Bertz CT molecular complexity index is 1450. The number of likely N-dealkylation sites (tertiary alicyclic amines) is 1. The number of rotatable bonds is 11. The van der Waals surface area contributed by atoms with Gasteiger partial charge in [-0.05, 0) is 55.3 Å². The lowest BCUT2D eigenvalue weighted by Gasteiger charge is -2.26. The number of H-pyrrole nitrogens is 1. The van der Waals surface area contributed by atoms with Gasteiger partial charge >= 0.3 is 0 Å². The van der Waals surface area contributed by atoms with Crippen LogP contribution in [0.4, 0.5) is 0 Å². The fourth-order valence-corrected chi connectivity index (χ4v) is 5.30. The van der Waals surface area contributed by atoms with Gasteiger partial charge in [0.15, 0.2) is 11.5 Å². The monoisotopic (exact) mass is 544 g/mol. The molecule has 2 unspecified atom stereocenters. The zero-order chi connectivity index (χ0) is 28.2. The Kier molecular flexibility index (Phi) is 7.91. The van der Waals surface area contributed by atoms with Crippen molar-refractivity contribution in [2.45, 2.75) is 45.4 Å². The van der Waals surface area contributed by atoms with Gasteiger partial charge in [-0.25, -0.2) is 4.57 Å². The maximum atomic E-state index is 13.5. The van der Waals surface area contributed by atoms with E-state index in [-0.39, 0.29) is 17.4 Å². The number of imidazole rings is 1. The van der Waals surface area contributed by atoms with Gasteiger partial charge in [0.05, 0.1) is 24.8 Å². The van der Waals surface area contributed by atoms with E-state index in [9.17, 15) is 14.7 Å². The summed E-state index contributed by atoms with van der Waals surface area (Å²) in [6.45, 7) is 9.22. The predicted molar refractivity (Wildman–Crippen MR) is 148 cm³/mol. The van der Waals surface area contributed by atoms with E-state index in [2.05, 4.69) is 11.6 Å². The molecule has 2 aliphatic rings.